The highest BCUT2D eigenvalue weighted by Gasteiger charge is 2.09. The number of benzene rings is 2. The predicted molar refractivity (Wildman–Crippen MR) is 132 cm³/mol. The van der Waals surface area contributed by atoms with Crippen molar-refractivity contribution in [3.8, 4) is 28.3 Å². The van der Waals surface area contributed by atoms with Gasteiger partial charge in [0, 0.05) is 34.8 Å². The zero-order chi connectivity index (χ0) is 24.8. The van der Waals surface area contributed by atoms with Gasteiger partial charge in [0.2, 0.25) is 5.91 Å². The summed E-state index contributed by atoms with van der Waals surface area (Å²) in [5, 5.41) is 11.9. The van der Waals surface area contributed by atoms with Gasteiger partial charge in [-0.15, -0.1) is 0 Å². The van der Waals surface area contributed by atoms with E-state index >= 15 is 0 Å². The Labute approximate surface area is 205 Å². The Morgan fingerprint density at radius 2 is 1.37 bits per heavy atom. The summed E-state index contributed by atoms with van der Waals surface area (Å²) in [4.78, 5) is 36.8. The van der Waals surface area contributed by atoms with Crippen LogP contribution in [0.2, 0.25) is 5.02 Å². The summed E-state index contributed by atoms with van der Waals surface area (Å²) in [7, 11) is 1.59. The highest BCUT2D eigenvalue weighted by atomic mass is 35.5. The number of aromatic nitrogens is 4. The lowest BCUT2D eigenvalue weighted by atomic mass is 10.1. The number of hydrogen-bond donors (Lipinski definition) is 1. The molecule has 10 heteroatoms. The van der Waals surface area contributed by atoms with Crippen molar-refractivity contribution in [1.29, 1.82) is 0 Å². The minimum Gasteiger partial charge on any atom is -0.497 e. The van der Waals surface area contributed by atoms with Crippen LogP contribution in [0.1, 0.15) is 0 Å². The van der Waals surface area contributed by atoms with Crippen LogP contribution in [0, 0.1) is 0 Å². The molecule has 4 rings (SSSR count). The summed E-state index contributed by atoms with van der Waals surface area (Å²) >= 11 is 5.92. The predicted octanol–water partition coefficient (Wildman–Crippen LogP) is 2.61. The van der Waals surface area contributed by atoms with E-state index in [1.165, 1.54) is 16.8 Å². The van der Waals surface area contributed by atoms with Crippen molar-refractivity contribution in [1.82, 2.24) is 24.9 Å². The Kier molecular flexibility index (Phi) is 7.37. The number of nitrogens with one attached hydrogen (secondary N) is 1. The molecular formula is C25H22ClN5O4. The van der Waals surface area contributed by atoms with Crippen molar-refractivity contribution in [2.75, 3.05) is 13.7 Å². The SMILES string of the molecule is COc1ccc(-c2ccc(=O)n(CCNC(=O)Cn3nc(-c4ccc(Cl)cc4)ccc3=O)n2)cc1. The molecule has 0 aliphatic heterocycles. The fourth-order valence-corrected chi connectivity index (χ4v) is 3.48. The van der Waals surface area contributed by atoms with E-state index in [0.29, 0.717) is 16.4 Å². The number of amides is 1. The Hall–Kier alpha value is -4.24. The van der Waals surface area contributed by atoms with Gasteiger partial charge in [0.1, 0.15) is 12.3 Å². The molecule has 0 radical (unpaired) electrons. The van der Waals surface area contributed by atoms with Crippen LogP contribution in [0.3, 0.4) is 0 Å². The molecule has 9 nitrogen and oxygen atoms in total. The third kappa shape index (κ3) is 6.01. The van der Waals surface area contributed by atoms with Crippen LogP contribution in [-0.2, 0) is 17.9 Å². The molecule has 0 atom stereocenters. The van der Waals surface area contributed by atoms with Gasteiger partial charge in [0.05, 0.1) is 25.0 Å². The highest BCUT2D eigenvalue weighted by molar-refractivity contribution is 6.30. The molecule has 1 amide bonds. The van der Waals surface area contributed by atoms with Crippen LogP contribution >= 0.6 is 11.6 Å². The molecule has 0 spiro atoms. The molecule has 0 fully saturated rings. The topological polar surface area (TPSA) is 108 Å². The average Bonchev–Trinajstić information content (AvgIpc) is 2.87. The molecule has 2 aromatic carbocycles. The van der Waals surface area contributed by atoms with Gasteiger partial charge in [0.25, 0.3) is 11.1 Å². The van der Waals surface area contributed by atoms with Gasteiger partial charge in [-0.05, 0) is 48.5 Å². The summed E-state index contributed by atoms with van der Waals surface area (Å²) in [6.07, 6.45) is 0. The summed E-state index contributed by atoms with van der Waals surface area (Å²) in [5.41, 5.74) is 2.07. The summed E-state index contributed by atoms with van der Waals surface area (Å²) in [6.45, 7) is 0.0691. The number of nitrogens with zero attached hydrogens (tertiary/aromatic N) is 4. The first-order valence-electron chi connectivity index (χ1n) is 10.8. The van der Waals surface area contributed by atoms with E-state index in [1.807, 2.05) is 24.3 Å². The van der Waals surface area contributed by atoms with Gasteiger partial charge < -0.3 is 10.1 Å². The Bertz CT molecular complexity index is 1450. The molecule has 0 aliphatic rings. The van der Waals surface area contributed by atoms with E-state index in [-0.39, 0.29) is 25.2 Å². The van der Waals surface area contributed by atoms with Crippen molar-refractivity contribution in [2.24, 2.45) is 0 Å². The Morgan fingerprint density at radius 3 is 1.97 bits per heavy atom. The van der Waals surface area contributed by atoms with Crippen LogP contribution in [0.5, 0.6) is 5.75 Å². The van der Waals surface area contributed by atoms with Crippen LogP contribution in [0.4, 0.5) is 0 Å². The van der Waals surface area contributed by atoms with Gasteiger partial charge in [-0.25, -0.2) is 9.36 Å². The van der Waals surface area contributed by atoms with E-state index in [2.05, 4.69) is 15.5 Å². The molecule has 1 N–H and O–H groups in total. The fraction of sp³-hybridized carbons (Fsp3) is 0.160. The maximum atomic E-state index is 12.4. The van der Waals surface area contributed by atoms with E-state index in [4.69, 9.17) is 16.3 Å². The van der Waals surface area contributed by atoms with Crippen LogP contribution in [0.25, 0.3) is 22.5 Å². The summed E-state index contributed by atoms with van der Waals surface area (Å²) in [6, 6.07) is 20.4. The van der Waals surface area contributed by atoms with Crippen molar-refractivity contribution in [3.05, 3.63) is 98.5 Å². The first-order chi connectivity index (χ1) is 16.9. The monoisotopic (exact) mass is 491 g/mol. The molecule has 0 saturated carbocycles. The lowest BCUT2D eigenvalue weighted by Crippen LogP contribution is -2.36. The molecule has 0 unspecified atom stereocenters. The third-order valence-electron chi connectivity index (χ3n) is 5.20. The number of rotatable bonds is 8. The maximum absolute atomic E-state index is 12.4. The van der Waals surface area contributed by atoms with E-state index < -0.39 is 11.5 Å². The zero-order valence-corrected chi connectivity index (χ0v) is 19.6. The van der Waals surface area contributed by atoms with Crippen molar-refractivity contribution < 1.29 is 9.53 Å². The number of carbonyl (C=O) groups is 1. The zero-order valence-electron chi connectivity index (χ0n) is 18.8. The second-order valence-electron chi connectivity index (χ2n) is 7.58. The molecule has 0 aliphatic carbocycles. The maximum Gasteiger partial charge on any atom is 0.267 e. The molecule has 0 saturated heterocycles. The lowest BCUT2D eigenvalue weighted by Gasteiger charge is -2.10. The van der Waals surface area contributed by atoms with Crippen LogP contribution < -0.4 is 21.2 Å². The lowest BCUT2D eigenvalue weighted by molar-refractivity contribution is -0.121. The first kappa shape index (κ1) is 23.9. The number of halogens is 1. The number of methoxy groups -OCH3 is 1. The standard InChI is InChI=1S/C25H22ClN5O4/c1-35-20-8-4-18(5-9-20)21-10-12-24(33)30(28-21)15-14-27-23(32)16-31-25(34)13-11-22(29-31)17-2-6-19(26)7-3-17/h2-13H,14-16H2,1H3,(H,27,32). The highest BCUT2D eigenvalue weighted by Crippen LogP contribution is 2.20. The second-order valence-corrected chi connectivity index (χ2v) is 8.02. The molecule has 4 aromatic rings. The van der Waals surface area contributed by atoms with E-state index in [9.17, 15) is 14.4 Å². The molecular weight excluding hydrogens is 470 g/mol. The van der Waals surface area contributed by atoms with Gasteiger partial charge in [-0.1, -0.05) is 23.7 Å². The Balaban J connectivity index is 1.39. The normalized spacial score (nSPS) is 10.7. The van der Waals surface area contributed by atoms with Crippen LogP contribution in [0.15, 0.2) is 82.4 Å². The quantitative estimate of drug-likeness (QED) is 0.406. The molecule has 178 valence electrons. The van der Waals surface area contributed by atoms with Crippen molar-refractivity contribution in [2.45, 2.75) is 13.1 Å². The van der Waals surface area contributed by atoms with Crippen LogP contribution in [-0.4, -0.2) is 39.1 Å². The minimum atomic E-state index is -0.410. The number of carbonyl (C=O) groups excluding carboxylic acids is 1. The van der Waals surface area contributed by atoms with E-state index in [0.717, 1.165) is 21.6 Å². The largest absolute Gasteiger partial charge is 0.497 e. The smallest absolute Gasteiger partial charge is 0.267 e. The average molecular weight is 492 g/mol. The number of ether oxygens (including phenoxy) is 1. The number of hydrogen-bond acceptors (Lipinski definition) is 6. The molecule has 2 heterocycles. The fourth-order valence-electron chi connectivity index (χ4n) is 3.35. The summed E-state index contributed by atoms with van der Waals surface area (Å²) < 4.78 is 7.53. The van der Waals surface area contributed by atoms with Gasteiger partial charge in [-0.3, -0.25) is 14.4 Å². The first-order valence-corrected chi connectivity index (χ1v) is 11.1. The second kappa shape index (κ2) is 10.8. The molecule has 35 heavy (non-hydrogen) atoms. The van der Waals surface area contributed by atoms with Gasteiger partial charge in [-0.2, -0.15) is 10.2 Å². The Morgan fingerprint density at radius 1 is 0.829 bits per heavy atom. The molecule has 2 aromatic heterocycles. The summed E-state index contributed by atoms with van der Waals surface area (Å²) in [5.74, 6) is 0.310. The van der Waals surface area contributed by atoms with Crippen molar-refractivity contribution in [3.63, 3.8) is 0 Å². The molecule has 0 bridgehead atoms. The third-order valence-corrected chi connectivity index (χ3v) is 5.45. The minimum absolute atomic E-state index is 0.156. The van der Waals surface area contributed by atoms with Gasteiger partial charge >= 0.3 is 0 Å². The van der Waals surface area contributed by atoms with Crippen molar-refractivity contribution >= 4 is 17.5 Å². The van der Waals surface area contributed by atoms with Gasteiger partial charge in [0.15, 0.2) is 0 Å². The van der Waals surface area contributed by atoms with E-state index in [1.54, 1.807) is 43.5 Å².